The molecule has 1 heterocycles. The number of aromatic nitrogens is 1. The van der Waals surface area contributed by atoms with E-state index >= 15 is 0 Å². The standard InChI is InChI=1S/C11H12N2O/c1-2-11(14)13-7-6-8-9(12)4-3-5-10(8)13/h3-7H,2,12H2,1H3. The zero-order valence-electron chi connectivity index (χ0n) is 8.03. The molecule has 2 rings (SSSR count). The topological polar surface area (TPSA) is 48.0 Å². The molecule has 0 atom stereocenters. The van der Waals surface area contributed by atoms with E-state index in [0.29, 0.717) is 12.1 Å². The van der Waals surface area contributed by atoms with E-state index in [4.69, 9.17) is 5.73 Å². The van der Waals surface area contributed by atoms with E-state index in [1.165, 1.54) is 0 Å². The lowest BCUT2D eigenvalue weighted by atomic mass is 10.2. The van der Waals surface area contributed by atoms with Crippen molar-refractivity contribution in [2.24, 2.45) is 0 Å². The van der Waals surface area contributed by atoms with Crippen LogP contribution in [0.15, 0.2) is 30.5 Å². The molecule has 2 aromatic rings. The first-order valence-corrected chi connectivity index (χ1v) is 4.62. The minimum Gasteiger partial charge on any atom is -0.398 e. The van der Waals surface area contributed by atoms with E-state index in [2.05, 4.69) is 0 Å². The lowest BCUT2D eigenvalue weighted by Crippen LogP contribution is -2.06. The van der Waals surface area contributed by atoms with E-state index in [0.717, 1.165) is 10.9 Å². The second-order valence-corrected chi connectivity index (χ2v) is 3.21. The Labute approximate surface area is 82.1 Å². The Hall–Kier alpha value is -1.77. The molecule has 0 amide bonds. The number of fused-ring (bicyclic) bond motifs is 1. The quantitative estimate of drug-likeness (QED) is 0.698. The maximum atomic E-state index is 11.5. The highest BCUT2D eigenvalue weighted by Crippen LogP contribution is 2.21. The van der Waals surface area contributed by atoms with Crippen molar-refractivity contribution in [1.29, 1.82) is 0 Å². The Bertz CT molecular complexity index is 485. The zero-order valence-corrected chi connectivity index (χ0v) is 8.03. The van der Waals surface area contributed by atoms with E-state index < -0.39 is 0 Å². The second kappa shape index (κ2) is 3.18. The molecule has 14 heavy (non-hydrogen) atoms. The third kappa shape index (κ3) is 1.18. The third-order valence-corrected chi connectivity index (χ3v) is 2.34. The monoisotopic (exact) mass is 188 g/mol. The van der Waals surface area contributed by atoms with Gasteiger partial charge in [0.15, 0.2) is 0 Å². The lowest BCUT2D eigenvalue weighted by Gasteiger charge is -2.01. The molecule has 72 valence electrons. The van der Waals surface area contributed by atoms with Gasteiger partial charge in [0.1, 0.15) is 0 Å². The van der Waals surface area contributed by atoms with Crippen molar-refractivity contribution in [2.45, 2.75) is 13.3 Å². The van der Waals surface area contributed by atoms with Gasteiger partial charge in [0.05, 0.1) is 5.52 Å². The summed E-state index contributed by atoms with van der Waals surface area (Å²) in [5, 5.41) is 0.939. The van der Waals surface area contributed by atoms with Crippen molar-refractivity contribution < 1.29 is 4.79 Å². The van der Waals surface area contributed by atoms with Gasteiger partial charge in [-0.05, 0) is 18.2 Å². The van der Waals surface area contributed by atoms with Gasteiger partial charge in [-0.2, -0.15) is 0 Å². The largest absolute Gasteiger partial charge is 0.398 e. The maximum absolute atomic E-state index is 11.5. The molecule has 3 nitrogen and oxygen atoms in total. The summed E-state index contributed by atoms with van der Waals surface area (Å²) in [7, 11) is 0. The van der Waals surface area contributed by atoms with Crippen LogP contribution in [0.2, 0.25) is 0 Å². The molecule has 0 unspecified atom stereocenters. The number of carbonyl (C=O) groups excluding carboxylic acids is 1. The first-order chi connectivity index (χ1) is 6.74. The van der Waals surface area contributed by atoms with Crippen LogP contribution in [0.3, 0.4) is 0 Å². The summed E-state index contributed by atoms with van der Waals surface area (Å²) in [6, 6.07) is 7.47. The molecule has 0 radical (unpaired) electrons. The summed E-state index contributed by atoms with van der Waals surface area (Å²) >= 11 is 0. The first kappa shape index (κ1) is 8.81. The van der Waals surface area contributed by atoms with Crippen molar-refractivity contribution >= 4 is 22.5 Å². The van der Waals surface area contributed by atoms with Crippen molar-refractivity contribution in [3.8, 4) is 0 Å². The lowest BCUT2D eigenvalue weighted by molar-refractivity contribution is 0.0914. The normalized spacial score (nSPS) is 10.6. The Morgan fingerprint density at radius 1 is 1.43 bits per heavy atom. The number of benzene rings is 1. The maximum Gasteiger partial charge on any atom is 0.230 e. The van der Waals surface area contributed by atoms with Crippen LogP contribution in [0.1, 0.15) is 18.1 Å². The van der Waals surface area contributed by atoms with E-state index in [9.17, 15) is 4.79 Å². The Morgan fingerprint density at radius 2 is 2.21 bits per heavy atom. The molecular formula is C11H12N2O. The predicted octanol–water partition coefficient (Wildman–Crippen LogP) is 2.27. The number of carbonyl (C=O) groups is 1. The summed E-state index contributed by atoms with van der Waals surface area (Å²) in [5.41, 5.74) is 7.39. The van der Waals surface area contributed by atoms with Crippen LogP contribution >= 0.6 is 0 Å². The summed E-state index contributed by atoms with van der Waals surface area (Å²) in [6.07, 6.45) is 2.27. The highest BCUT2D eigenvalue weighted by atomic mass is 16.1. The van der Waals surface area contributed by atoms with E-state index in [1.807, 2.05) is 31.2 Å². The summed E-state index contributed by atoms with van der Waals surface area (Å²) in [5.74, 6) is 0.0885. The van der Waals surface area contributed by atoms with Crippen molar-refractivity contribution in [3.05, 3.63) is 30.5 Å². The molecule has 1 aromatic carbocycles. The zero-order chi connectivity index (χ0) is 10.1. The van der Waals surface area contributed by atoms with Gasteiger partial charge >= 0.3 is 0 Å². The fourth-order valence-electron chi connectivity index (χ4n) is 1.58. The fourth-order valence-corrected chi connectivity index (χ4v) is 1.58. The molecule has 3 heteroatoms. The summed E-state index contributed by atoms with van der Waals surface area (Å²) in [6.45, 7) is 1.85. The second-order valence-electron chi connectivity index (χ2n) is 3.21. The van der Waals surface area contributed by atoms with E-state index in [1.54, 1.807) is 10.8 Å². The number of nitrogens with two attached hydrogens (primary N) is 1. The molecule has 0 bridgehead atoms. The van der Waals surface area contributed by atoms with E-state index in [-0.39, 0.29) is 5.91 Å². The van der Waals surface area contributed by atoms with Gasteiger partial charge in [-0.15, -0.1) is 0 Å². The molecule has 1 aromatic heterocycles. The van der Waals surface area contributed by atoms with Gasteiger partial charge < -0.3 is 5.73 Å². The van der Waals surface area contributed by atoms with Crippen LogP contribution in [0.25, 0.3) is 10.9 Å². The van der Waals surface area contributed by atoms with Crippen LogP contribution in [-0.2, 0) is 0 Å². The average Bonchev–Trinajstić information content (AvgIpc) is 2.62. The number of rotatable bonds is 1. The molecule has 0 spiro atoms. The smallest absolute Gasteiger partial charge is 0.230 e. The van der Waals surface area contributed by atoms with Gasteiger partial charge in [0.25, 0.3) is 0 Å². The fraction of sp³-hybridized carbons (Fsp3) is 0.182. The molecule has 0 fully saturated rings. The van der Waals surface area contributed by atoms with Crippen molar-refractivity contribution in [2.75, 3.05) is 5.73 Å². The SMILES string of the molecule is CCC(=O)n1ccc2c(N)cccc21. The van der Waals surface area contributed by atoms with Crippen LogP contribution in [0.5, 0.6) is 0 Å². The third-order valence-electron chi connectivity index (χ3n) is 2.34. The predicted molar refractivity (Wildman–Crippen MR) is 57.3 cm³/mol. The minimum absolute atomic E-state index is 0.0885. The summed E-state index contributed by atoms with van der Waals surface area (Å²) < 4.78 is 1.64. The number of nitrogen functional groups attached to an aromatic ring is 1. The number of nitrogens with zero attached hydrogens (tertiary/aromatic N) is 1. The number of hydrogen-bond donors (Lipinski definition) is 1. The molecule has 0 saturated heterocycles. The highest BCUT2D eigenvalue weighted by Gasteiger charge is 2.07. The Balaban J connectivity index is 2.70. The molecule has 0 aliphatic carbocycles. The molecule has 0 aliphatic heterocycles. The number of hydrogen-bond acceptors (Lipinski definition) is 2. The average molecular weight is 188 g/mol. The first-order valence-electron chi connectivity index (χ1n) is 4.62. The Morgan fingerprint density at radius 3 is 2.93 bits per heavy atom. The van der Waals surface area contributed by atoms with Crippen LogP contribution < -0.4 is 5.73 Å². The van der Waals surface area contributed by atoms with Crippen molar-refractivity contribution in [3.63, 3.8) is 0 Å². The van der Waals surface area contributed by atoms with Gasteiger partial charge in [-0.3, -0.25) is 9.36 Å². The number of anilines is 1. The molecule has 0 saturated carbocycles. The van der Waals surface area contributed by atoms with Gasteiger partial charge in [0, 0.05) is 23.7 Å². The van der Waals surface area contributed by atoms with Crippen LogP contribution in [0.4, 0.5) is 5.69 Å². The molecular weight excluding hydrogens is 176 g/mol. The van der Waals surface area contributed by atoms with Gasteiger partial charge in [-0.1, -0.05) is 13.0 Å². The highest BCUT2D eigenvalue weighted by molar-refractivity contribution is 5.97. The van der Waals surface area contributed by atoms with Crippen LogP contribution in [-0.4, -0.2) is 10.5 Å². The summed E-state index contributed by atoms with van der Waals surface area (Å²) in [4.78, 5) is 11.5. The Kier molecular flexibility index (Phi) is 2.00. The molecule has 0 aliphatic rings. The molecule has 2 N–H and O–H groups in total. The minimum atomic E-state index is 0.0885. The van der Waals surface area contributed by atoms with Gasteiger partial charge in [-0.25, -0.2) is 0 Å². The van der Waals surface area contributed by atoms with Crippen LogP contribution in [0, 0.1) is 0 Å². The van der Waals surface area contributed by atoms with Gasteiger partial charge in [0.2, 0.25) is 5.91 Å². The van der Waals surface area contributed by atoms with Crippen molar-refractivity contribution in [1.82, 2.24) is 4.57 Å².